The first-order valence-corrected chi connectivity index (χ1v) is 14.2. The average molecular weight is 618 g/mol. The Morgan fingerprint density at radius 2 is 1.75 bits per heavy atom. The number of alkyl halides is 3. The van der Waals surface area contributed by atoms with Crippen LogP contribution >= 0.6 is 11.3 Å². The Morgan fingerprint density at radius 1 is 1.07 bits per heavy atom. The van der Waals surface area contributed by atoms with Gasteiger partial charge in [0.15, 0.2) is 10.6 Å². The number of nitrogens with zero attached hydrogens (tertiary/aromatic N) is 6. The van der Waals surface area contributed by atoms with E-state index >= 15 is 0 Å². The topological polar surface area (TPSA) is 110 Å². The van der Waals surface area contributed by atoms with Gasteiger partial charge in [0, 0.05) is 23.2 Å². The molecule has 1 unspecified atom stereocenters. The molecule has 9 nitrogen and oxygen atoms in total. The van der Waals surface area contributed by atoms with E-state index in [-0.39, 0.29) is 12.3 Å². The van der Waals surface area contributed by atoms with E-state index in [2.05, 4.69) is 31.2 Å². The van der Waals surface area contributed by atoms with Gasteiger partial charge in [-0.05, 0) is 61.7 Å². The number of benzene rings is 3. The van der Waals surface area contributed by atoms with E-state index in [0.717, 1.165) is 22.5 Å². The van der Waals surface area contributed by atoms with Gasteiger partial charge in [-0.25, -0.2) is 14.5 Å². The van der Waals surface area contributed by atoms with Gasteiger partial charge in [0.2, 0.25) is 0 Å². The van der Waals surface area contributed by atoms with E-state index in [0.29, 0.717) is 27.4 Å². The van der Waals surface area contributed by atoms with Crippen LogP contribution in [-0.4, -0.2) is 38.3 Å². The van der Waals surface area contributed by atoms with E-state index in [1.165, 1.54) is 46.6 Å². The fourth-order valence-electron chi connectivity index (χ4n) is 4.64. The smallest absolute Gasteiger partial charge is 0.406 e. The highest BCUT2D eigenvalue weighted by molar-refractivity contribution is 7.07. The number of amides is 2. The molecule has 224 valence electrons. The van der Waals surface area contributed by atoms with Gasteiger partial charge in [0.1, 0.15) is 12.1 Å². The molecule has 2 aromatic heterocycles. The molecule has 2 amide bonds. The van der Waals surface area contributed by atoms with Gasteiger partial charge in [0.05, 0.1) is 23.4 Å². The van der Waals surface area contributed by atoms with Crippen LogP contribution in [0.25, 0.3) is 22.8 Å². The zero-order chi connectivity index (χ0) is 31.4. The maximum Gasteiger partial charge on any atom is 0.573 e. The lowest BCUT2D eigenvalue weighted by Gasteiger charge is -2.13. The number of hydrogen-bond donors (Lipinski definition) is 1. The molecular weight excluding hydrogens is 591 g/mol. The number of para-hydroxylation sites is 1. The average Bonchev–Trinajstić information content (AvgIpc) is 3.61. The molecular formula is C31H26F3N7O2S. The van der Waals surface area contributed by atoms with Gasteiger partial charge in [-0.2, -0.15) is 10.3 Å². The Morgan fingerprint density at radius 3 is 2.39 bits per heavy atom. The summed E-state index contributed by atoms with van der Waals surface area (Å²) in [4.78, 5) is 21.9. The normalized spacial score (nSPS) is 12.5. The number of halogens is 3. The van der Waals surface area contributed by atoms with Gasteiger partial charge in [0.25, 0.3) is 0 Å². The third kappa shape index (κ3) is 6.87. The molecule has 5 aromatic rings. The Balaban J connectivity index is 1.25. The number of aromatic nitrogens is 4. The lowest BCUT2D eigenvalue weighted by molar-refractivity contribution is -0.274. The maximum atomic E-state index is 12.8. The number of ether oxygens (including phenoxy) is 1. The predicted octanol–water partition coefficient (Wildman–Crippen LogP) is 6.53. The third-order valence-corrected chi connectivity index (χ3v) is 7.69. The Kier molecular flexibility index (Phi) is 8.64. The summed E-state index contributed by atoms with van der Waals surface area (Å²) in [6.45, 7) is 6.05. The van der Waals surface area contributed by atoms with Gasteiger partial charge in [-0.3, -0.25) is 4.57 Å². The molecule has 0 saturated carbocycles. The predicted molar refractivity (Wildman–Crippen MR) is 159 cm³/mol. The van der Waals surface area contributed by atoms with Crippen molar-refractivity contribution < 1.29 is 22.7 Å². The third-order valence-electron chi connectivity index (χ3n) is 6.75. The molecule has 0 aliphatic heterocycles. The minimum absolute atomic E-state index is 0.0624. The summed E-state index contributed by atoms with van der Waals surface area (Å²) < 4.78 is 44.5. The first-order chi connectivity index (χ1) is 21.0. The summed E-state index contributed by atoms with van der Waals surface area (Å²) in [6, 6.07) is 20.0. The highest BCUT2D eigenvalue weighted by Gasteiger charge is 2.31. The van der Waals surface area contributed by atoms with Gasteiger partial charge < -0.3 is 10.1 Å². The van der Waals surface area contributed by atoms with E-state index < -0.39 is 18.3 Å². The SMILES string of the molecule is Cc1cccc(C)c1-n1c(C)cs/c1=N\C(=O)NCC(C#N)c1ccc(-c2ncn(-c3ccc(OC(F)(F)F)cc3)n2)cc1. The Labute approximate surface area is 254 Å². The van der Waals surface area contributed by atoms with Crippen LogP contribution in [0, 0.1) is 32.1 Å². The molecule has 13 heteroatoms. The fourth-order valence-corrected chi connectivity index (χ4v) is 5.50. The second-order valence-electron chi connectivity index (χ2n) is 9.89. The molecule has 2 heterocycles. The Bertz CT molecular complexity index is 1880. The largest absolute Gasteiger partial charge is 0.573 e. The fraction of sp³-hybridized carbons (Fsp3) is 0.194. The summed E-state index contributed by atoms with van der Waals surface area (Å²) in [5.74, 6) is -0.574. The number of thiazole rings is 1. The lowest BCUT2D eigenvalue weighted by Crippen LogP contribution is -2.28. The van der Waals surface area contributed by atoms with Crippen LogP contribution in [0.1, 0.15) is 28.3 Å². The van der Waals surface area contributed by atoms with E-state index in [4.69, 9.17) is 0 Å². The van der Waals surface area contributed by atoms with Crippen LogP contribution in [0.5, 0.6) is 5.75 Å². The monoisotopic (exact) mass is 617 g/mol. The van der Waals surface area contributed by atoms with Crippen molar-refractivity contribution in [3.05, 3.63) is 106 Å². The van der Waals surface area contributed by atoms with Crippen molar-refractivity contribution in [3.8, 4) is 34.6 Å². The minimum atomic E-state index is -4.77. The van der Waals surface area contributed by atoms with Crippen molar-refractivity contribution in [1.29, 1.82) is 5.26 Å². The number of carbonyl (C=O) groups excluding carboxylic acids is 1. The first kappa shape index (κ1) is 30.2. The van der Waals surface area contributed by atoms with Crippen molar-refractivity contribution in [2.45, 2.75) is 33.1 Å². The van der Waals surface area contributed by atoms with Crippen molar-refractivity contribution >= 4 is 17.4 Å². The quantitative estimate of drug-likeness (QED) is 0.223. The zero-order valence-corrected chi connectivity index (χ0v) is 24.6. The molecule has 5 rings (SSSR count). The van der Waals surface area contributed by atoms with Crippen LogP contribution < -0.4 is 14.9 Å². The number of rotatable bonds is 7. The van der Waals surface area contributed by atoms with Crippen molar-refractivity contribution in [1.82, 2.24) is 24.6 Å². The van der Waals surface area contributed by atoms with Crippen molar-refractivity contribution in [2.24, 2.45) is 4.99 Å². The number of urea groups is 1. The molecule has 44 heavy (non-hydrogen) atoms. The summed E-state index contributed by atoms with van der Waals surface area (Å²) in [5.41, 5.74) is 5.94. The molecule has 0 bridgehead atoms. The Hall–Kier alpha value is -5.22. The number of nitrogens with one attached hydrogen (secondary N) is 1. The summed E-state index contributed by atoms with van der Waals surface area (Å²) in [7, 11) is 0. The number of nitriles is 1. The van der Waals surface area contributed by atoms with E-state index in [9.17, 15) is 23.2 Å². The van der Waals surface area contributed by atoms with Crippen molar-refractivity contribution in [2.75, 3.05) is 6.54 Å². The van der Waals surface area contributed by atoms with Crippen LogP contribution in [0.15, 0.2) is 83.4 Å². The van der Waals surface area contributed by atoms with E-state index in [1.807, 2.05) is 48.9 Å². The number of carbonyl (C=O) groups is 1. The molecule has 0 radical (unpaired) electrons. The van der Waals surface area contributed by atoms with Gasteiger partial charge in [-0.1, -0.05) is 42.5 Å². The van der Waals surface area contributed by atoms with Gasteiger partial charge in [-0.15, -0.1) is 29.6 Å². The standard InChI is InChI=1S/C31H26F3N7O2S/c1-19-5-4-6-20(2)27(19)41-21(3)17-44-30(41)38-29(42)36-16-24(15-35)22-7-9-23(10-8-22)28-37-18-40(39-28)25-11-13-26(14-12-25)43-31(32,33)34/h4-14,17-18,24H,16H2,1-3H3,(H,36,42)/b38-30-. The minimum Gasteiger partial charge on any atom is -0.406 e. The van der Waals surface area contributed by atoms with Crippen LogP contribution in [0.2, 0.25) is 0 Å². The van der Waals surface area contributed by atoms with E-state index in [1.54, 1.807) is 24.3 Å². The molecule has 0 aliphatic rings. The molecule has 0 aliphatic carbocycles. The van der Waals surface area contributed by atoms with Gasteiger partial charge >= 0.3 is 12.4 Å². The van der Waals surface area contributed by atoms with Crippen LogP contribution in [0.4, 0.5) is 18.0 Å². The maximum absolute atomic E-state index is 12.8. The van der Waals surface area contributed by atoms with Crippen LogP contribution in [-0.2, 0) is 0 Å². The first-order valence-electron chi connectivity index (χ1n) is 13.4. The summed E-state index contributed by atoms with van der Waals surface area (Å²) >= 11 is 1.37. The molecule has 1 atom stereocenters. The molecule has 0 saturated heterocycles. The second kappa shape index (κ2) is 12.6. The summed E-state index contributed by atoms with van der Waals surface area (Å²) in [5, 5.41) is 18.9. The number of hydrogen-bond acceptors (Lipinski definition) is 6. The molecule has 3 aromatic carbocycles. The highest BCUT2D eigenvalue weighted by atomic mass is 32.1. The zero-order valence-electron chi connectivity index (χ0n) is 23.8. The lowest BCUT2D eigenvalue weighted by atomic mass is 9.99. The number of aryl methyl sites for hydroxylation is 3. The summed E-state index contributed by atoms with van der Waals surface area (Å²) in [6.07, 6.45) is -3.33. The highest BCUT2D eigenvalue weighted by Crippen LogP contribution is 2.25. The second-order valence-corrected chi connectivity index (χ2v) is 10.7. The van der Waals surface area contributed by atoms with Crippen LogP contribution in [0.3, 0.4) is 0 Å². The van der Waals surface area contributed by atoms with Crippen molar-refractivity contribution in [3.63, 3.8) is 0 Å². The molecule has 0 fully saturated rings. The molecule has 1 N–H and O–H groups in total. The molecule has 0 spiro atoms.